The number of phenols is 1. The van der Waals surface area contributed by atoms with Crippen molar-refractivity contribution < 1.29 is 19.4 Å². The number of aryl methyl sites for hydroxylation is 1. The number of aliphatic hydroxyl groups excluding tert-OH is 1. The summed E-state index contributed by atoms with van der Waals surface area (Å²) in [6, 6.07) is 12.4. The number of urea groups is 1. The van der Waals surface area contributed by atoms with Gasteiger partial charge in [0.2, 0.25) is 0 Å². The highest BCUT2D eigenvalue weighted by Crippen LogP contribution is 2.15. The van der Waals surface area contributed by atoms with E-state index in [1.54, 1.807) is 24.3 Å². The Labute approximate surface area is 140 Å². The first kappa shape index (κ1) is 17.7. The van der Waals surface area contributed by atoms with Crippen molar-refractivity contribution in [3.8, 4) is 5.75 Å². The number of carbonyl (C=O) groups is 1. The van der Waals surface area contributed by atoms with E-state index < -0.39 is 18.0 Å². The molecule has 1 unspecified atom stereocenters. The van der Waals surface area contributed by atoms with E-state index in [1.165, 1.54) is 12.1 Å². The van der Waals surface area contributed by atoms with Crippen LogP contribution in [0.1, 0.15) is 23.7 Å². The van der Waals surface area contributed by atoms with Crippen molar-refractivity contribution >= 4 is 6.03 Å². The van der Waals surface area contributed by atoms with Crippen LogP contribution in [0.3, 0.4) is 0 Å². The fourth-order valence-corrected chi connectivity index (χ4v) is 2.26. The summed E-state index contributed by atoms with van der Waals surface area (Å²) in [5.74, 6) is -0.272. The minimum absolute atomic E-state index is 0.0648. The highest BCUT2D eigenvalue weighted by molar-refractivity contribution is 5.73. The second-order valence-electron chi connectivity index (χ2n) is 5.44. The van der Waals surface area contributed by atoms with Gasteiger partial charge in [-0.15, -0.1) is 0 Å². The Bertz CT molecular complexity index is 662. The van der Waals surface area contributed by atoms with Gasteiger partial charge < -0.3 is 20.8 Å². The number of phenolic OH excluding ortho intramolecular Hbond substituents is 1. The van der Waals surface area contributed by atoms with Crippen molar-refractivity contribution in [2.45, 2.75) is 18.9 Å². The van der Waals surface area contributed by atoms with Crippen LogP contribution in [0.25, 0.3) is 0 Å². The minimum Gasteiger partial charge on any atom is -0.508 e. The van der Waals surface area contributed by atoms with E-state index in [2.05, 4.69) is 10.6 Å². The van der Waals surface area contributed by atoms with E-state index in [4.69, 9.17) is 0 Å². The number of hydrogen-bond acceptors (Lipinski definition) is 3. The van der Waals surface area contributed by atoms with Gasteiger partial charge in [-0.1, -0.05) is 30.3 Å². The summed E-state index contributed by atoms with van der Waals surface area (Å²) in [5, 5.41) is 24.3. The molecule has 24 heavy (non-hydrogen) atoms. The van der Waals surface area contributed by atoms with Crippen LogP contribution in [0.5, 0.6) is 5.75 Å². The van der Waals surface area contributed by atoms with Crippen molar-refractivity contribution in [2.75, 3.05) is 13.1 Å². The van der Waals surface area contributed by atoms with Gasteiger partial charge in [-0.25, -0.2) is 9.18 Å². The summed E-state index contributed by atoms with van der Waals surface area (Å²) >= 11 is 0. The maximum absolute atomic E-state index is 13.5. The van der Waals surface area contributed by atoms with Crippen LogP contribution in [0, 0.1) is 5.82 Å². The van der Waals surface area contributed by atoms with Gasteiger partial charge in [-0.05, 0) is 36.6 Å². The molecule has 0 spiro atoms. The lowest BCUT2D eigenvalue weighted by atomic mass is 10.1. The molecule has 5 nitrogen and oxygen atoms in total. The van der Waals surface area contributed by atoms with E-state index >= 15 is 0 Å². The average molecular weight is 332 g/mol. The standard InChI is InChI=1S/C18H21FN2O3/c19-16-6-2-1-5-15(16)17(23)12-21-18(24)20-11-3-4-13-7-9-14(22)10-8-13/h1-2,5-10,17,22-23H,3-4,11-12H2,(H2,20,21,24). The number of benzene rings is 2. The first-order valence-corrected chi connectivity index (χ1v) is 7.78. The Balaban J connectivity index is 1.64. The average Bonchev–Trinajstić information content (AvgIpc) is 2.58. The predicted molar refractivity (Wildman–Crippen MR) is 89.2 cm³/mol. The molecule has 128 valence electrons. The van der Waals surface area contributed by atoms with Gasteiger partial charge >= 0.3 is 6.03 Å². The Hall–Kier alpha value is -2.60. The highest BCUT2D eigenvalue weighted by Gasteiger charge is 2.12. The Kier molecular flexibility index (Phi) is 6.57. The Morgan fingerprint density at radius 1 is 1.08 bits per heavy atom. The summed E-state index contributed by atoms with van der Waals surface area (Å²) in [6.07, 6.45) is 0.431. The van der Waals surface area contributed by atoms with Crippen molar-refractivity contribution in [1.29, 1.82) is 0 Å². The third-order valence-electron chi connectivity index (χ3n) is 3.58. The molecular formula is C18H21FN2O3. The fourth-order valence-electron chi connectivity index (χ4n) is 2.26. The molecule has 0 aliphatic heterocycles. The smallest absolute Gasteiger partial charge is 0.314 e. The number of aliphatic hydroxyl groups is 1. The largest absolute Gasteiger partial charge is 0.508 e. The van der Waals surface area contributed by atoms with Gasteiger partial charge in [0.15, 0.2) is 0 Å². The van der Waals surface area contributed by atoms with E-state index in [0.717, 1.165) is 18.4 Å². The summed E-state index contributed by atoms with van der Waals surface area (Å²) in [5.41, 5.74) is 1.23. The number of carbonyl (C=O) groups excluding carboxylic acids is 1. The van der Waals surface area contributed by atoms with Crippen LogP contribution >= 0.6 is 0 Å². The topological polar surface area (TPSA) is 81.6 Å². The summed E-state index contributed by atoms with van der Waals surface area (Å²) in [6.45, 7) is 0.410. The second kappa shape index (κ2) is 8.88. The van der Waals surface area contributed by atoms with E-state index in [0.29, 0.717) is 6.54 Å². The molecule has 0 aliphatic carbocycles. The maximum Gasteiger partial charge on any atom is 0.314 e. The van der Waals surface area contributed by atoms with Gasteiger partial charge in [0, 0.05) is 18.7 Å². The number of aromatic hydroxyl groups is 1. The van der Waals surface area contributed by atoms with E-state index in [1.807, 2.05) is 12.1 Å². The molecule has 0 radical (unpaired) electrons. The fraction of sp³-hybridized carbons (Fsp3) is 0.278. The molecule has 0 saturated heterocycles. The molecule has 0 fully saturated rings. The molecule has 4 N–H and O–H groups in total. The summed E-state index contributed by atoms with van der Waals surface area (Å²) < 4.78 is 13.5. The zero-order chi connectivity index (χ0) is 17.4. The number of rotatable bonds is 7. The molecular weight excluding hydrogens is 311 g/mol. The SMILES string of the molecule is O=C(NCCCc1ccc(O)cc1)NCC(O)c1ccccc1F. The quantitative estimate of drug-likeness (QED) is 0.588. The molecule has 2 amide bonds. The number of nitrogens with one attached hydrogen (secondary N) is 2. The van der Waals surface area contributed by atoms with Gasteiger partial charge in [0.25, 0.3) is 0 Å². The zero-order valence-corrected chi connectivity index (χ0v) is 13.2. The molecule has 0 saturated carbocycles. The maximum atomic E-state index is 13.5. The molecule has 0 aliphatic rings. The number of hydrogen-bond donors (Lipinski definition) is 4. The Morgan fingerprint density at radius 2 is 1.79 bits per heavy atom. The molecule has 6 heteroatoms. The minimum atomic E-state index is -1.09. The van der Waals surface area contributed by atoms with Gasteiger partial charge in [0.1, 0.15) is 11.6 Å². The lowest BCUT2D eigenvalue weighted by Crippen LogP contribution is -2.38. The van der Waals surface area contributed by atoms with Crippen LogP contribution < -0.4 is 10.6 Å². The highest BCUT2D eigenvalue weighted by atomic mass is 19.1. The predicted octanol–water partition coefficient (Wildman–Crippen LogP) is 2.50. The van der Waals surface area contributed by atoms with Crippen LogP contribution in [0.4, 0.5) is 9.18 Å². The van der Waals surface area contributed by atoms with Gasteiger partial charge in [-0.3, -0.25) is 0 Å². The molecule has 1 atom stereocenters. The number of amides is 2. The second-order valence-corrected chi connectivity index (χ2v) is 5.44. The van der Waals surface area contributed by atoms with Crippen LogP contribution in [-0.4, -0.2) is 29.3 Å². The normalized spacial score (nSPS) is 11.8. The Morgan fingerprint density at radius 3 is 2.50 bits per heavy atom. The molecule has 0 heterocycles. The van der Waals surface area contributed by atoms with Gasteiger partial charge in [-0.2, -0.15) is 0 Å². The first-order chi connectivity index (χ1) is 11.6. The van der Waals surface area contributed by atoms with Crippen molar-refractivity contribution in [1.82, 2.24) is 10.6 Å². The molecule has 0 aromatic heterocycles. The third kappa shape index (κ3) is 5.55. The molecule has 2 aromatic rings. The van der Waals surface area contributed by atoms with Crippen molar-refractivity contribution in [3.05, 3.63) is 65.5 Å². The van der Waals surface area contributed by atoms with Gasteiger partial charge in [0.05, 0.1) is 6.10 Å². The molecule has 2 aromatic carbocycles. The lowest BCUT2D eigenvalue weighted by Gasteiger charge is -2.13. The van der Waals surface area contributed by atoms with Crippen molar-refractivity contribution in [2.24, 2.45) is 0 Å². The molecule has 0 bridgehead atoms. The summed E-state index contributed by atoms with van der Waals surface area (Å²) in [4.78, 5) is 11.7. The monoisotopic (exact) mass is 332 g/mol. The lowest BCUT2D eigenvalue weighted by molar-refractivity contribution is 0.169. The first-order valence-electron chi connectivity index (χ1n) is 7.78. The van der Waals surface area contributed by atoms with E-state index in [9.17, 15) is 19.4 Å². The van der Waals surface area contributed by atoms with Crippen LogP contribution in [0.15, 0.2) is 48.5 Å². The van der Waals surface area contributed by atoms with Crippen molar-refractivity contribution in [3.63, 3.8) is 0 Å². The summed E-state index contributed by atoms with van der Waals surface area (Å²) in [7, 11) is 0. The van der Waals surface area contributed by atoms with Crippen LogP contribution in [0.2, 0.25) is 0 Å². The van der Waals surface area contributed by atoms with E-state index in [-0.39, 0.29) is 17.9 Å². The number of halogens is 1. The zero-order valence-electron chi connectivity index (χ0n) is 13.2. The third-order valence-corrected chi connectivity index (χ3v) is 3.58. The van der Waals surface area contributed by atoms with Crippen LogP contribution in [-0.2, 0) is 6.42 Å². The molecule has 2 rings (SSSR count).